The van der Waals surface area contributed by atoms with E-state index < -0.39 is 0 Å². The van der Waals surface area contributed by atoms with Crippen molar-refractivity contribution in [3.05, 3.63) is 24.0 Å². The van der Waals surface area contributed by atoms with Crippen LogP contribution in [0.4, 0.5) is 5.69 Å². The quantitative estimate of drug-likeness (QED) is 0.831. The van der Waals surface area contributed by atoms with Crippen LogP contribution in [-0.2, 0) is 11.3 Å². The molecule has 4 nitrogen and oxygen atoms in total. The Hall–Kier alpha value is -1.13. The molecule has 1 aliphatic heterocycles. The maximum Gasteiger partial charge on any atom is 0.0750 e. The van der Waals surface area contributed by atoms with Gasteiger partial charge >= 0.3 is 0 Å². The summed E-state index contributed by atoms with van der Waals surface area (Å²) in [4.78, 5) is 6.69. The van der Waals surface area contributed by atoms with E-state index in [4.69, 9.17) is 4.74 Å². The third kappa shape index (κ3) is 4.18. The summed E-state index contributed by atoms with van der Waals surface area (Å²) in [7, 11) is 0. The molecule has 1 fully saturated rings. The van der Waals surface area contributed by atoms with E-state index in [1.807, 2.05) is 12.4 Å². The first-order valence-electron chi connectivity index (χ1n) is 7.73. The van der Waals surface area contributed by atoms with Crippen LogP contribution in [0.25, 0.3) is 0 Å². The fourth-order valence-corrected chi connectivity index (χ4v) is 2.60. The molecule has 1 aromatic heterocycles. The van der Waals surface area contributed by atoms with E-state index in [0.29, 0.717) is 12.1 Å². The van der Waals surface area contributed by atoms with Crippen molar-refractivity contribution in [2.45, 2.75) is 52.3 Å². The van der Waals surface area contributed by atoms with Crippen molar-refractivity contribution in [1.82, 2.24) is 10.3 Å². The fourth-order valence-electron chi connectivity index (χ4n) is 2.60. The second kappa shape index (κ2) is 7.60. The average molecular weight is 277 g/mol. The van der Waals surface area contributed by atoms with Gasteiger partial charge in [-0.15, -0.1) is 0 Å². The van der Waals surface area contributed by atoms with Gasteiger partial charge in [0.05, 0.1) is 18.0 Å². The van der Waals surface area contributed by atoms with Gasteiger partial charge in [-0.2, -0.15) is 0 Å². The van der Waals surface area contributed by atoms with Crippen molar-refractivity contribution >= 4 is 5.69 Å². The van der Waals surface area contributed by atoms with E-state index in [9.17, 15) is 0 Å². The normalized spacial score (nSPS) is 18.7. The molecule has 20 heavy (non-hydrogen) atoms. The molecule has 1 aliphatic rings. The maximum atomic E-state index is 5.77. The van der Waals surface area contributed by atoms with Gasteiger partial charge in [-0.1, -0.05) is 13.8 Å². The van der Waals surface area contributed by atoms with E-state index in [1.165, 1.54) is 24.1 Å². The highest BCUT2D eigenvalue weighted by atomic mass is 16.5. The zero-order valence-electron chi connectivity index (χ0n) is 12.9. The Morgan fingerprint density at radius 1 is 1.50 bits per heavy atom. The Balaban J connectivity index is 2.07. The highest BCUT2D eigenvalue weighted by molar-refractivity contribution is 5.51. The summed E-state index contributed by atoms with van der Waals surface area (Å²) < 4.78 is 5.77. The number of hydrogen-bond donors (Lipinski definition) is 1. The number of pyridine rings is 1. The number of rotatable bonds is 7. The molecule has 0 amide bonds. The molecule has 1 unspecified atom stereocenters. The van der Waals surface area contributed by atoms with E-state index in [2.05, 4.69) is 42.0 Å². The van der Waals surface area contributed by atoms with Gasteiger partial charge in [0.25, 0.3) is 0 Å². The molecule has 1 saturated heterocycles. The summed E-state index contributed by atoms with van der Waals surface area (Å²) in [5.41, 5.74) is 2.55. The first kappa shape index (κ1) is 15.3. The minimum Gasteiger partial charge on any atom is -0.376 e. The summed E-state index contributed by atoms with van der Waals surface area (Å²) in [6.45, 7) is 10.3. The van der Waals surface area contributed by atoms with Crippen LogP contribution in [0.5, 0.6) is 0 Å². The van der Waals surface area contributed by atoms with Crippen molar-refractivity contribution in [3.8, 4) is 0 Å². The van der Waals surface area contributed by atoms with E-state index in [1.54, 1.807) is 0 Å². The third-order valence-electron chi connectivity index (χ3n) is 3.76. The number of nitrogens with zero attached hydrogens (tertiary/aromatic N) is 2. The van der Waals surface area contributed by atoms with Crippen LogP contribution in [0.2, 0.25) is 0 Å². The van der Waals surface area contributed by atoms with Crippen LogP contribution in [0.1, 0.15) is 39.2 Å². The molecule has 1 atom stereocenters. The largest absolute Gasteiger partial charge is 0.376 e. The molecule has 1 aromatic rings. The Bertz CT molecular complexity index is 402. The molecule has 0 aliphatic carbocycles. The molecule has 1 N–H and O–H groups in total. The lowest BCUT2D eigenvalue weighted by Crippen LogP contribution is -2.33. The summed E-state index contributed by atoms with van der Waals surface area (Å²) >= 11 is 0. The number of anilines is 1. The molecule has 0 saturated carbocycles. The van der Waals surface area contributed by atoms with Crippen LogP contribution >= 0.6 is 0 Å². The SMILES string of the molecule is CCN(CC1CCCO1)c1cnccc1CNC(C)C. The molecule has 2 rings (SSSR count). The Morgan fingerprint density at radius 3 is 3.00 bits per heavy atom. The minimum atomic E-state index is 0.376. The first-order chi connectivity index (χ1) is 9.70. The van der Waals surface area contributed by atoms with Gasteiger partial charge in [-0.3, -0.25) is 4.98 Å². The highest BCUT2D eigenvalue weighted by Crippen LogP contribution is 2.22. The van der Waals surface area contributed by atoms with Gasteiger partial charge in [0.1, 0.15) is 0 Å². The molecule has 112 valence electrons. The number of nitrogens with one attached hydrogen (secondary N) is 1. The highest BCUT2D eigenvalue weighted by Gasteiger charge is 2.20. The molecule has 4 heteroatoms. The third-order valence-corrected chi connectivity index (χ3v) is 3.76. The predicted molar refractivity (Wildman–Crippen MR) is 83.1 cm³/mol. The summed E-state index contributed by atoms with van der Waals surface area (Å²) in [5.74, 6) is 0. The number of ether oxygens (including phenoxy) is 1. The van der Waals surface area contributed by atoms with E-state index in [-0.39, 0.29) is 0 Å². The molecule has 0 radical (unpaired) electrons. The van der Waals surface area contributed by atoms with Gasteiger partial charge in [-0.05, 0) is 31.4 Å². The molecule has 0 spiro atoms. The molecule has 0 bridgehead atoms. The predicted octanol–water partition coefficient (Wildman–Crippen LogP) is 2.58. The van der Waals surface area contributed by atoms with Crippen molar-refractivity contribution in [1.29, 1.82) is 0 Å². The van der Waals surface area contributed by atoms with Crippen molar-refractivity contribution in [3.63, 3.8) is 0 Å². The van der Waals surface area contributed by atoms with Gasteiger partial charge in [-0.25, -0.2) is 0 Å². The van der Waals surface area contributed by atoms with Crippen molar-refractivity contribution in [2.24, 2.45) is 0 Å². The maximum absolute atomic E-state index is 5.77. The van der Waals surface area contributed by atoms with Gasteiger partial charge in [0, 0.05) is 38.5 Å². The Morgan fingerprint density at radius 2 is 2.35 bits per heavy atom. The van der Waals surface area contributed by atoms with Crippen molar-refractivity contribution < 1.29 is 4.74 Å². The smallest absolute Gasteiger partial charge is 0.0750 e. The van der Waals surface area contributed by atoms with Crippen molar-refractivity contribution in [2.75, 3.05) is 24.6 Å². The van der Waals surface area contributed by atoms with Gasteiger partial charge < -0.3 is 15.0 Å². The second-order valence-corrected chi connectivity index (χ2v) is 5.71. The molecular formula is C16H27N3O. The molecular weight excluding hydrogens is 250 g/mol. The lowest BCUT2D eigenvalue weighted by Gasteiger charge is -2.28. The van der Waals surface area contributed by atoms with Crippen LogP contribution in [0.15, 0.2) is 18.5 Å². The average Bonchev–Trinajstić information content (AvgIpc) is 2.96. The number of aromatic nitrogens is 1. The summed E-state index contributed by atoms with van der Waals surface area (Å²) in [6, 6.07) is 2.60. The number of hydrogen-bond acceptors (Lipinski definition) is 4. The monoisotopic (exact) mass is 277 g/mol. The first-order valence-corrected chi connectivity index (χ1v) is 7.73. The minimum absolute atomic E-state index is 0.376. The molecule has 0 aromatic carbocycles. The van der Waals surface area contributed by atoms with E-state index >= 15 is 0 Å². The van der Waals surface area contributed by atoms with E-state index in [0.717, 1.165) is 26.2 Å². The van der Waals surface area contributed by atoms with Gasteiger partial charge in [0.2, 0.25) is 0 Å². The lowest BCUT2D eigenvalue weighted by molar-refractivity contribution is 0.115. The zero-order chi connectivity index (χ0) is 14.4. The van der Waals surface area contributed by atoms with Crippen LogP contribution in [0, 0.1) is 0 Å². The van der Waals surface area contributed by atoms with Crippen LogP contribution in [0.3, 0.4) is 0 Å². The summed E-state index contributed by atoms with van der Waals surface area (Å²) in [6.07, 6.45) is 6.60. The zero-order valence-corrected chi connectivity index (χ0v) is 12.9. The fraction of sp³-hybridized carbons (Fsp3) is 0.688. The lowest BCUT2D eigenvalue weighted by atomic mass is 10.1. The van der Waals surface area contributed by atoms with Crippen LogP contribution in [-0.4, -0.2) is 36.8 Å². The topological polar surface area (TPSA) is 37.4 Å². The van der Waals surface area contributed by atoms with Gasteiger partial charge in [0.15, 0.2) is 0 Å². The second-order valence-electron chi connectivity index (χ2n) is 5.71. The summed E-state index contributed by atoms with van der Waals surface area (Å²) in [5, 5.41) is 3.49. The number of likely N-dealkylation sites (N-methyl/N-ethyl adjacent to an activating group) is 1. The standard InChI is InChI=1S/C16H27N3O/c1-4-19(12-15-6-5-9-20-15)16-11-17-8-7-14(16)10-18-13(2)3/h7-8,11,13,15,18H,4-6,9-10,12H2,1-3H3. The Kier molecular flexibility index (Phi) is 5.80. The Labute approximate surface area is 122 Å². The molecule has 2 heterocycles. The van der Waals surface area contributed by atoms with Crippen LogP contribution < -0.4 is 10.2 Å².